The fourth-order valence-corrected chi connectivity index (χ4v) is 2.83. The van der Waals surface area contributed by atoms with E-state index in [-0.39, 0.29) is 0 Å². The van der Waals surface area contributed by atoms with Gasteiger partial charge in [0.1, 0.15) is 0 Å². The molecule has 2 aliphatic rings. The van der Waals surface area contributed by atoms with Gasteiger partial charge in [-0.25, -0.2) is 0 Å². The van der Waals surface area contributed by atoms with Crippen LogP contribution in [0, 0.1) is 11.8 Å². The topological polar surface area (TPSA) is 0 Å². The number of hydrogen-bond donors (Lipinski definition) is 0. The standard InChI is InChI=1S/C11H18/c1-9-5-4-7-10-6-2-3-8-11(9)10/h5,10-11H,2-4,6-8H2,1H3. The van der Waals surface area contributed by atoms with E-state index in [1.165, 1.54) is 38.5 Å². The molecular formula is C11H18. The predicted molar refractivity (Wildman–Crippen MR) is 48.4 cm³/mol. The summed E-state index contributed by atoms with van der Waals surface area (Å²) < 4.78 is 0. The first-order valence-corrected chi connectivity index (χ1v) is 5.04. The van der Waals surface area contributed by atoms with Crippen LogP contribution in [0.2, 0.25) is 0 Å². The highest BCUT2D eigenvalue weighted by atomic mass is 14.3. The Balaban J connectivity index is 2.11. The summed E-state index contributed by atoms with van der Waals surface area (Å²) in [5.74, 6) is 2.05. The zero-order valence-corrected chi connectivity index (χ0v) is 7.47. The number of rotatable bonds is 0. The van der Waals surface area contributed by atoms with Crippen molar-refractivity contribution in [2.75, 3.05) is 0 Å². The zero-order chi connectivity index (χ0) is 7.68. The Morgan fingerprint density at radius 3 is 2.82 bits per heavy atom. The van der Waals surface area contributed by atoms with Crippen LogP contribution in [0.1, 0.15) is 45.4 Å². The SMILES string of the molecule is CC1=CCCC2CCCCC12. The van der Waals surface area contributed by atoms with Gasteiger partial charge < -0.3 is 0 Å². The number of allylic oxidation sites excluding steroid dienone is 2. The molecule has 0 aromatic carbocycles. The summed E-state index contributed by atoms with van der Waals surface area (Å²) in [6.07, 6.45) is 11.3. The van der Waals surface area contributed by atoms with Crippen molar-refractivity contribution in [3.63, 3.8) is 0 Å². The summed E-state index contributed by atoms with van der Waals surface area (Å²) in [6.45, 7) is 2.34. The lowest BCUT2D eigenvalue weighted by Gasteiger charge is -2.35. The third-order valence-corrected chi connectivity index (χ3v) is 3.50. The normalized spacial score (nSPS) is 37.7. The molecule has 1 saturated carbocycles. The van der Waals surface area contributed by atoms with Crippen molar-refractivity contribution in [1.82, 2.24) is 0 Å². The average Bonchev–Trinajstić information content (AvgIpc) is 2.06. The van der Waals surface area contributed by atoms with Gasteiger partial charge in [-0.2, -0.15) is 0 Å². The molecule has 0 bridgehead atoms. The molecule has 2 aliphatic carbocycles. The van der Waals surface area contributed by atoms with E-state index in [0.717, 1.165) is 11.8 Å². The molecule has 0 amide bonds. The Labute approximate surface area is 69.7 Å². The van der Waals surface area contributed by atoms with Crippen LogP contribution >= 0.6 is 0 Å². The van der Waals surface area contributed by atoms with E-state index in [1.54, 1.807) is 5.57 Å². The van der Waals surface area contributed by atoms with Gasteiger partial charge in [-0.1, -0.05) is 24.5 Å². The van der Waals surface area contributed by atoms with E-state index >= 15 is 0 Å². The van der Waals surface area contributed by atoms with Gasteiger partial charge in [0.2, 0.25) is 0 Å². The maximum atomic E-state index is 2.46. The van der Waals surface area contributed by atoms with Crippen LogP contribution < -0.4 is 0 Å². The molecule has 0 aromatic heterocycles. The summed E-state index contributed by atoms with van der Waals surface area (Å²) in [7, 11) is 0. The molecule has 0 saturated heterocycles. The molecule has 0 aliphatic heterocycles. The Bertz CT molecular complexity index is 167. The van der Waals surface area contributed by atoms with Crippen molar-refractivity contribution < 1.29 is 0 Å². The van der Waals surface area contributed by atoms with Gasteiger partial charge in [0.15, 0.2) is 0 Å². The molecule has 0 heterocycles. The molecule has 0 radical (unpaired) electrons. The lowest BCUT2D eigenvalue weighted by atomic mass is 9.71. The highest BCUT2D eigenvalue weighted by molar-refractivity contribution is 5.09. The minimum absolute atomic E-state index is 0.984. The van der Waals surface area contributed by atoms with Crippen LogP contribution in [0.4, 0.5) is 0 Å². The van der Waals surface area contributed by atoms with Gasteiger partial charge in [0.05, 0.1) is 0 Å². The molecule has 0 nitrogen and oxygen atoms in total. The maximum Gasteiger partial charge on any atom is -0.0178 e. The Morgan fingerprint density at radius 2 is 2.00 bits per heavy atom. The van der Waals surface area contributed by atoms with Crippen molar-refractivity contribution in [3.05, 3.63) is 11.6 Å². The predicted octanol–water partition coefficient (Wildman–Crippen LogP) is 3.53. The van der Waals surface area contributed by atoms with Crippen LogP contribution in [0.25, 0.3) is 0 Å². The minimum Gasteiger partial charge on any atom is -0.0853 e. The molecule has 2 atom stereocenters. The van der Waals surface area contributed by atoms with E-state index in [0.29, 0.717) is 0 Å². The van der Waals surface area contributed by atoms with E-state index in [9.17, 15) is 0 Å². The van der Waals surface area contributed by atoms with E-state index < -0.39 is 0 Å². The second-order valence-electron chi connectivity index (χ2n) is 4.18. The van der Waals surface area contributed by atoms with Crippen molar-refractivity contribution in [1.29, 1.82) is 0 Å². The maximum absolute atomic E-state index is 2.46. The third-order valence-electron chi connectivity index (χ3n) is 3.50. The van der Waals surface area contributed by atoms with E-state index in [4.69, 9.17) is 0 Å². The quantitative estimate of drug-likeness (QED) is 0.463. The lowest BCUT2D eigenvalue weighted by molar-refractivity contribution is 0.246. The number of fused-ring (bicyclic) bond motifs is 1. The Morgan fingerprint density at radius 1 is 1.18 bits per heavy atom. The van der Waals surface area contributed by atoms with Crippen molar-refractivity contribution in [2.24, 2.45) is 11.8 Å². The minimum atomic E-state index is 0.984. The number of hydrogen-bond acceptors (Lipinski definition) is 0. The van der Waals surface area contributed by atoms with Crippen molar-refractivity contribution >= 4 is 0 Å². The summed E-state index contributed by atoms with van der Waals surface area (Å²) in [5, 5.41) is 0. The first kappa shape index (κ1) is 7.39. The Kier molecular flexibility index (Phi) is 2.02. The lowest BCUT2D eigenvalue weighted by Crippen LogP contribution is -2.22. The average molecular weight is 150 g/mol. The van der Waals surface area contributed by atoms with Crippen LogP contribution in [-0.4, -0.2) is 0 Å². The van der Waals surface area contributed by atoms with Gasteiger partial charge in [-0.15, -0.1) is 0 Å². The van der Waals surface area contributed by atoms with Crippen molar-refractivity contribution in [2.45, 2.75) is 45.4 Å². The molecule has 62 valence electrons. The molecule has 1 fully saturated rings. The Hall–Kier alpha value is -0.260. The molecule has 2 rings (SSSR count). The fourth-order valence-electron chi connectivity index (χ4n) is 2.83. The van der Waals surface area contributed by atoms with Gasteiger partial charge in [-0.05, 0) is 44.4 Å². The molecule has 0 heteroatoms. The fraction of sp³-hybridized carbons (Fsp3) is 0.818. The van der Waals surface area contributed by atoms with Gasteiger partial charge in [-0.3, -0.25) is 0 Å². The highest BCUT2D eigenvalue weighted by Crippen LogP contribution is 2.40. The van der Waals surface area contributed by atoms with Crippen molar-refractivity contribution in [3.8, 4) is 0 Å². The van der Waals surface area contributed by atoms with Crippen LogP contribution in [-0.2, 0) is 0 Å². The largest absolute Gasteiger partial charge is 0.0853 e. The summed E-state index contributed by atoms with van der Waals surface area (Å²) >= 11 is 0. The van der Waals surface area contributed by atoms with E-state index in [2.05, 4.69) is 13.0 Å². The summed E-state index contributed by atoms with van der Waals surface area (Å²) in [4.78, 5) is 0. The smallest absolute Gasteiger partial charge is 0.0178 e. The van der Waals surface area contributed by atoms with Gasteiger partial charge >= 0.3 is 0 Å². The molecule has 2 unspecified atom stereocenters. The van der Waals surface area contributed by atoms with Gasteiger partial charge in [0.25, 0.3) is 0 Å². The second-order valence-corrected chi connectivity index (χ2v) is 4.18. The summed E-state index contributed by atoms with van der Waals surface area (Å²) in [5.41, 5.74) is 1.70. The molecule has 0 N–H and O–H groups in total. The molecule has 0 spiro atoms. The third kappa shape index (κ3) is 1.36. The molecular weight excluding hydrogens is 132 g/mol. The van der Waals surface area contributed by atoms with Crippen LogP contribution in [0.5, 0.6) is 0 Å². The van der Waals surface area contributed by atoms with Crippen LogP contribution in [0.15, 0.2) is 11.6 Å². The molecule has 11 heavy (non-hydrogen) atoms. The molecule has 0 aromatic rings. The monoisotopic (exact) mass is 150 g/mol. The van der Waals surface area contributed by atoms with E-state index in [1.807, 2.05) is 0 Å². The first-order chi connectivity index (χ1) is 5.38. The first-order valence-electron chi connectivity index (χ1n) is 5.04. The zero-order valence-electron chi connectivity index (χ0n) is 7.47. The highest BCUT2D eigenvalue weighted by Gasteiger charge is 2.27. The van der Waals surface area contributed by atoms with Gasteiger partial charge in [0, 0.05) is 0 Å². The van der Waals surface area contributed by atoms with Crippen LogP contribution in [0.3, 0.4) is 0 Å². The second kappa shape index (κ2) is 3.00. The summed E-state index contributed by atoms with van der Waals surface area (Å²) in [6, 6.07) is 0.